The van der Waals surface area contributed by atoms with Crippen LogP contribution >= 0.6 is 0 Å². The van der Waals surface area contributed by atoms with Crippen LogP contribution in [-0.4, -0.2) is 37.4 Å². The lowest BCUT2D eigenvalue weighted by Gasteiger charge is -2.24. The van der Waals surface area contributed by atoms with Crippen LogP contribution in [0, 0.1) is 5.92 Å². The van der Waals surface area contributed by atoms with Crippen LogP contribution in [0.2, 0.25) is 0 Å². The molecule has 2 amide bonds. The molecule has 25 heavy (non-hydrogen) atoms. The van der Waals surface area contributed by atoms with E-state index >= 15 is 0 Å². The highest BCUT2D eigenvalue weighted by atomic mass is 32.2. The molecule has 134 valence electrons. The Bertz CT molecular complexity index is 736. The summed E-state index contributed by atoms with van der Waals surface area (Å²) in [6.45, 7) is 2.78. The van der Waals surface area contributed by atoms with Crippen molar-refractivity contribution in [3.05, 3.63) is 23.5 Å². The molecule has 3 aliphatic rings. The van der Waals surface area contributed by atoms with Crippen molar-refractivity contribution < 1.29 is 14.1 Å². The Hall–Kier alpha value is -1.80. The van der Waals surface area contributed by atoms with E-state index in [1.54, 1.807) is 0 Å². The Labute approximate surface area is 149 Å². The molecule has 2 heterocycles. The summed E-state index contributed by atoms with van der Waals surface area (Å²) in [7, 11) is 0. The highest BCUT2D eigenvalue weighted by Gasteiger charge is 2.39. The number of hydrogen-bond acceptors (Lipinski definition) is 4. The maximum Gasteiger partial charge on any atom is 0.298 e. The molecule has 7 nitrogen and oxygen atoms in total. The summed E-state index contributed by atoms with van der Waals surface area (Å²) in [4.78, 5) is 25.0. The van der Waals surface area contributed by atoms with Crippen LogP contribution in [0.1, 0.15) is 44.7 Å². The van der Waals surface area contributed by atoms with E-state index in [9.17, 15) is 14.1 Å². The van der Waals surface area contributed by atoms with E-state index in [2.05, 4.69) is 15.1 Å². The summed E-state index contributed by atoms with van der Waals surface area (Å²) >= 11 is -1.42. The van der Waals surface area contributed by atoms with Gasteiger partial charge in [-0.05, 0) is 38.2 Å². The van der Waals surface area contributed by atoms with E-state index in [0.29, 0.717) is 23.6 Å². The van der Waals surface area contributed by atoms with Crippen molar-refractivity contribution in [3.8, 4) is 0 Å². The molecule has 4 rings (SSSR count). The highest BCUT2D eigenvalue weighted by molar-refractivity contribution is 7.91. The number of rotatable bonds is 6. The Kier molecular flexibility index (Phi) is 4.33. The highest BCUT2D eigenvalue weighted by Crippen LogP contribution is 2.32. The summed E-state index contributed by atoms with van der Waals surface area (Å²) in [6.07, 6.45) is 6.61. The first kappa shape index (κ1) is 16.7. The third kappa shape index (κ3) is 3.74. The number of aromatic nitrogens is 2. The summed E-state index contributed by atoms with van der Waals surface area (Å²) in [5.41, 5.74) is 1.34. The van der Waals surface area contributed by atoms with Crippen molar-refractivity contribution in [1.82, 2.24) is 19.8 Å². The molecule has 0 bridgehead atoms. The number of hydrogen-bond donors (Lipinski definition) is 2. The minimum absolute atomic E-state index is 0.0244. The van der Waals surface area contributed by atoms with Gasteiger partial charge in [0, 0.05) is 37.2 Å². The van der Waals surface area contributed by atoms with Crippen LogP contribution in [0.4, 0.5) is 0 Å². The topological polar surface area (TPSA) is 99.1 Å². The fraction of sp³-hybridized carbons (Fsp3) is 0.588. The van der Waals surface area contributed by atoms with Crippen molar-refractivity contribution in [2.45, 2.75) is 56.9 Å². The lowest BCUT2D eigenvalue weighted by molar-refractivity contribution is -0.123. The third-order valence-corrected chi connectivity index (χ3v) is 6.22. The zero-order valence-electron chi connectivity index (χ0n) is 14.2. The summed E-state index contributed by atoms with van der Waals surface area (Å²) in [6, 6.07) is 1.79. The zero-order valence-corrected chi connectivity index (χ0v) is 15.0. The Balaban J connectivity index is 1.61. The van der Waals surface area contributed by atoms with Gasteiger partial charge in [0.2, 0.25) is 0 Å². The second-order valence-electron chi connectivity index (χ2n) is 7.23. The number of amides is 2. The van der Waals surface area contributed by atoms with Crippen molar-refractivity contribution >= 4 is 28.7 Å². The molecule has 2 unspecified atom stereocenters. The summed E-state index contributed by atoms with van der Waals surface area (Å²) in [5, 5.41) is 7.38. The summed E-state index contributed by atoms with van der Waals surface area (Å²) in [5.74, 6) is -0.295. The van der Waals surface area contributed by atoms with Crippen molar-refractivity contribution in [1.29, 1.82) is 0 Å². The molecule has 0 radical (unpaired) electrons. The number of nitrogens with one attached hydrogen (secondary N) is 2. The lowest BCUT2D eigenvalue weighted by atomic mass is 9.93. The molecule has 2 fully saturated rings. The van der Waals surface area contributed by atoms with Gasteiger partial charge in [0.1, 0.15) is 10.8 Å². The van der Waals surface area contributed by atoms with E-state index in [-0.39, 0.29) is 16.9 Å². The molecule has 2 N–H and O–H groups in total. The molecule has 2 atom stereocenters. The van der Waals surface area contributed by atoms with Gasteiger partial charge in [-0.3, -0.25) is 14.3 Å². The van der Waals surface area contributed by atoms with Crippen molar-refractivity contribution in [2.75, 3.05) is 0 Å². The number of nitrogens with zero attached hydrogens (tertiary/aromatic N) is 2. The second-order valence-corrected chi connectivity index (χ2v) is 8.69. The predicted octanol–water partition coefficient (Wildman–Crippen LogP) is 0.897. The molecule has 1 aromatic heterocycles. The van der Waals surface area contributed by atoms with E-state index in [1.807, 2.05) is 23.9 Å². The van der Waals surface area contributed by atoms with Crippen molar-refractivity contribution in [2.24, 2.45) is 5.92 Å². The normalized spacial score (nSPS) is 24.9. The van der Waals surface area contributed by atoms with E-state index in [1.165, 1.54) is 12.8 Å². The van der Waals surface area contributed by atoms with Gasteiger partial charge in [0.15, 0.2) is 0 Å². The second kappa shape index (κ2) is 6.49. The van der Waals surface area contributed by atoms with Crippen LogP contribution in [0.25, 0.3) is 5.57 Å². The molecule has 0 saturated heterocycles. The van der Waals surface area contributed by atoms with E-state index in [0.717, 1.165) is 19.4 Å². The van der Waals surface area contributed by atoms with Gasteiger partial charge >= 0.3 is 0 Å². The molecule has 8 heteroatoms. The first-order valence-electron chi connectivity index (χ1n) is 8.80. The van der Waals surface area contributed by atoms with Gasteiger partial charge in [-0.2, -0.15) is 9.82 Å². The lowest BCUT2D eigenvalue weighted by Crippen LogP contribution is -2.45. The van der Waals surface area contributed by atoms with Crippen LogP contribution < -0.4 is 10.0 Å². The van der Waals surface area contributed by atoms with E-state index in [4.69, 9.17) is 0 Å². The fourth-order valence-electron chi connectivity index (χ4n) is 3.06. The maximum atomic E-state index is 12.6. The first-order valence-corrected chi connectivity index (χ1v) is 10.0. The molecule has 0 spiro atoms. The third-order valence-electron chi connectivity index (χ3n) is 4.76. The minimum Gasteiger partial charge on any atom is -0.593 e. The minimum atomic E-state index is -1.42. The molecule has 2 aliphatic carbocycles. The molecular weight excluding hydrogens is 340 g/mol. The van der Waals surface area contributed by atoms with Crippen LogP contribution in [-0.2, 0) is 27.5 Å². The Morgan fingerprint density at radius 2 is 2.20 bits per heavy atom. The Morgan fingerprint density at radius 1 is 1.44 bits per heavy atom. The largest absolute Gasteiger partial charge is 0.593 e. The predicted molar refractivity (Wildman–Crippen MR) is 93.4 cm³/mol. The standard InChI is InChI=1S/C17H22N4O3S/c1-10-8-13(14-6-7-21(19-14)9-11-2-3-11)15(16(22)18-10)17(23)20-25(24)12-4-5-12/h6-7,10-12H,2-5,8-9H2,1H3,(H,18,22)(H,20,23). The average molecular weight is 362 g/mol. The zero-order chi connectivity index (χ0) is 17.6. The average Bonchev–Trinajstić information content (AvgIpc) is 3.45. The van der Waals surface area contributed by atoms with Crippen LogP contribution in [0.5, 0.6) is 0 Å². The van der Waals surface area contributed by atoms with Gasteiger partial charge in [0.05, 0.1) is 17.1 Å². The maximum absolute atomic E-state index is 12.6. The first-order chi connectivity index (χ1) is 12.0. The van der Waals surface area contributed by atoms with E-state index < -0.39 is 23.2 Å². The van der Waals surface area contributed by atoms with Crippen molar-refractivity contribution in [3.63, 3.8) is 0 Å². The van der Waals surface area contributed by atoms with Crippen LogP contribution in [0.3, 0.4) is 0 Å². The number of carbonyl (C=O) groups is 2. The monoisotopic (exact) mass is 362 g/mol. The van der Waals surface area contributed by atoms with Gasteiger partial charge in [-0.25, -0.2) is 0 Å². The SMILES string of the molecule is CC1CC(c2ccn(CC3CC3)n2)=C(C(=O)N[S+]([O-])C2CC2)C(=O)N1. The molecule has 2 saturated carbocycles. The summed E-state index contributed by atoms with van der Waals surface area (Å²) < 4.78 is 16.4. The van der Waals surface area contributed by atoms with Gasteiger partial charge in [0.25, 0.3) is 11.8 Å². The fourth-order valence-corrected chi connectivity index (χ4v) is 4.08. The molecule has 1 aromatic rings. The Morgan fingerprint density at radius 3 is 2.88 bits per heavy atom. The van der Waals surface area contributed by atoms with Crippen LogP contribution in [0.15, 0.2) is 17.8 Å². The smallest absolute Gasteiger partial charge is 0.298 e. The quantitative estimate of drug-likeness (QED) is 0.580. The van der Waals surface area contributed by atoms with Gasteiger partial charge in [-0.15, -0.1) is 0 Å². The molecular formula is C17H22N4O3S. The van der Waals surface area contributed by atoms with Gasteiger partial charge in [-0.1, -0.05) is 0 Å². The number of carbonyl (C=O) groups excluding carboxylic acids is 2. The van der Waals surface area contributed by atoms with Gasteiger partial charge < -0.3 is 9.87 Å². The molecule has 1 aliphatic heterocycles. The molecule has 0 aromatic carbocycles.